The average Bonchev–Trinajstić information content (AvgIpc) is 2.15. The molecule has 0 bridgehead atoms. The van der Waals surface area contributed by atoms with Crippen molar-refractivity contribution >= 4 is 5.84 Å². The highest BCUT2D eigenvalue weighted by Gasteiger charge is 2.22. The van der Waals surface area contributed by atoms with Crippen molar-refractivity contribution in [1.82, 2.24) is 5.32 Å². The van der Waals surface area contributed by atoms with Gasteiger partial charge in [-0.05, 0) is 31.8 Å². The number of amidine groups is 1. The van der Waals surface area contributed by atoms with Gasteiger partial charge >= 0.3 is 0 Å². The van der Waals surface area contributed by atoms with Crippen molar-refractivity contribution in [2.24, 2.45) is 22.2 Å². The summed E-state index contributed by atoms with van der Waals surface area (Å²) in [4.78, 5) is 0. The second kappa shape index (κ2) is 6.67. The van der Waals surface area contributed by atoms with Crippen LogP contribution in [0.4, 0.5) is 0 Å². The van der Waals surface area contributed by atoms with E-state index >= 15 is 0 Å². The lowest BCUT2D eigenvalue weighted by Gasteiger charge is -2.22. The van der Waals surface area contributed by atoms with Gasteiger partial charge in [0.05, 0.1) is 0 Å². The first-order valence-corrected chi connectivity index (χ1v) is 5.59. The molecule has 4 N–H and O–H groups in total. The molecule has 0 radical (unpaired) electrons. The van der Waals surface area contributed by atoms with Gasteiger partial charge in [-0.1, -0.05) is 32.9 Å². The first-order chi connectivity index (χ1) is 6.90. The molecule has 4 nitrogen and oxygen atoms in total. The van der Waals surface area contributed by atoms with Gasteiger partial charge in [-0.15, -0.1) is 0 Å². The molecule has 0 saturated heterocycles. The van der Waals surface area contributed by atoms with Crippen LogP contribution in [-0.2, 0) is 0 Å². The highest BCUT2D eigenvalue weighted by Crippen LogP contribution is 2.19. The van der Waals surface area contributed by atoms with Crippen LogP contribution in [-0.4, -0.2) is 24.1 Å². The van der Waals surface area contributed by atoms with Gasteiger partial charge in [0.2, 0.25) is 0 Å². The van der Waals surface area contributed by atoms with Crippen molar-refractivity contribution in [3.8, 4) is 0 Å². The summed E-state index contributed by atoms with van der Waals surface area (Å²) in [6.07, 6.45) is 2.06. The predicted octanol–water partition coefficient (Wildman–Crippen LogP) is 1.78. The summed E-state index contributed by atoms with van der Waals surface area (Å²) in [5.74, 6) is 1.03. The molecule has 0 fully saturated rings. The second-order valence-electron chi connectivity index (χ2n) is 5.05. The first kappa shape index (κ1) is 14.2. The van der Waals surface area contributed by atoms with Crippen molar-refractivity contribution in [1.29, 1.82) is 0 Å². The Hall–Kier alpha value is -0.770. The first-order valence-electron chi connectivity index (χ1n) is 5.59. The third-order valence-corrected chi connectivity index (χ3v) is 2.63. The molecule has 0 unspecified atom stereocenters. The Morgan fingerprint density at radius 1 is 1.40 bits per heavy atom. The van der Waals surface area contributed by atoms with Crippen molar-refractivity contribution in [3.63, 3.8) is 0 Å². The van der Waals surface area contributed by atoms with Gasteiger partial charge in [-0.3, -0.25) is 0 Å². The maximum absolute atomic E-state index is 8.59. The highest BCUT2D eigenvalue weighted by atomic mass is 16.4. The number of hydrogen-bond donors (Lipinski definition) is 3. The summed E-state index contributed by atoms with van der Waals surface area (Å²) in [5.41, 5.74) is 5.35. The van der Waals surface area contributed by atoms with Crippen LogP contribution in [0.25, 0.3) is 0 Å². The molecule has 0 aromatic rings. The fraction of sp³-hybridized carbons (Fsp3) is 0.909. The van der Waals surface area contributed by atoms with E-state index in [-0.39, 0.29) is 5.41 Å². The molecule has 0 saturated carbocycles. The molecule has 15 heavy (non-hydrogen) atoms. The van der Waals surface area contributed by atoms with Crippen LogP contribution in [0.5, 0.6) is 0 Å². The molecule has 0 aliphatic heterocycles. The Labute approximate surface area is 92.9 Å². The maximum Gasteiger partial charge on any atom is 0.144 e. The fourth-order valence-electron chi connectivity index (χ4n) is 1.18. The molecule has 4 heteroatoms. The number of nitrogens with one attached hydrogen (secondary N) is 1. The van der Waals surface area contributed by atoms with Crippen molar-refractivity contribution < 1.29 is 5.21 Å². The quantitative estimate of drug-likeness (QED) is 0.199. The van der Waals surface area contributed by atoms with Crippen LogP contribution >= 0.6 is 0 Å². The third kappa shape index (κ3) is 6.33. The van der Waals surface area contributed by atoms with Gasteiger partial charge in [-0.25, -0.2) is 0 Å². The fourth-order valence-corrected chi connectivity index (χ4v) is 1.18. The largest absolute Gasteiger partial charge is 0.409 e. The van der Waals surface area contributed by atoms with E-state index in [2.05, 4.69) is 24.3 Å². The lowest BCUT2D eigenvalue weighted by molar-refractivity contribution is 0.305. The van der Waals surface area contributed by atoms with Gasteiger partial charge in [-0.2, -0.15) is 0 Å². The number of rotatable bonds is 7. The summed E-state index contributed by atoms with van der Waals surface area (Å²) in [6.45, 7) is 10.3. The molecule has 0 spiro atoms. The zero-order chi connectivity index (χ0) is 11.9. The highest BCUT2D eigenvalue weighted by molar-refractivity contribution is 5.85. The molecular formula is C11H25N3O. The molecule has 0 aliphatic rings. The van der Waals surface area contributed by atoms with Gasteiger partial charge < -0.3 is 16.3 Å². The normalized spacial score (nSPS) is 13.5. The Bertz CT molecular complexity index is 200. The lowest BCUT2D eigenvalue weighted by Crippen LogP contribution is -2.35. The van der Waals surface area contributed by atoms with Crippen LogP contribution in [0.1, 0.15) is 40.5 Å². The van der Waals surface area contributed by atoms with E-state index in [0.29, 0.717) is 5.84 Å². The van der Waals surface area contributed by atoms with E-state index in [9.17, 15) is 0 Å². The SMILES string of the molecule is CC(C)CCNCCC(C)(C)C(N)=NO. The minimum absolute atomic E-state index is 0.237. The number of hydrogen-bond acceptors (Lipinski definition) is 3. The van der Waals surface area contributed by atoms with E-state index in [1.54, 1.807) is 0 Å². The van der Waals surface area contributed by atoms with Gasteiger partial charge in [0.1, 0.15) is 5.84 Å². The molecule has 0 atom stereocenters. The molecule has 0 heterocycles. The summed E-state index contributed by atoms with van der Waals surface area (Å²) >= 11 is 0. The molecule has 0 aromatic heterocycles. The Kier molecular flexibility index (Phi) is 6.32. The van der Waals surface area contributed by atoms with E-state index in [1.807, 2.05) is 13.8 Å². The zero-order valence-electron chi connectivity index (χ0n) is 10.4. The molecule has 0 amide bonds. The Morgan fingerprint density at radius 3 is 2.47 bits per heavy atom. The van der Waals surface area contributed by atoms with Gasteiger partial charge in [0, 0.05) is 5.41 Å². The third-order valence-electron chi connectivity index (χ3n) is 2.63. The van der Waals surface area contributed by atoms with Gasteiger partial charge in [0.25, 0.3) is 0 Å². The van der Waals surface area contributed by atoms with E-state index in [4.69, 9.17) is 10.9 Å². The number of nitrogens with two attached hydrogens (primary N) is 1. The zero-order valence-corrected chi connectivity index (χ0v) is 10.4. The number of nitrogens with zero attached hydrogens (tertiary/aromatic N) is 1. The van der Waals surface area contributed by atoms with E-state index in [0.717, 1.165) is 25.4 Å². The van der Waals surface area contributed by atoms with Gasteiger partial charge in [0.15, 0.2) is 0 Å². The molecule has 90 valence electrons. The lowest BCUT2D eigenvalue weighted by atomic mass is 9.88. The van der Waals surface area contributed by atoms with Crippen LogP contribution in [0.3, 0.4) is 0 Å². The van der Waals surface area contributed by atoms with E-state index < -0.39 is 0 Å². The molecule has 0 aliphatic carbocycles. The Balaban J connectivity index is 3.67. The summed E-state index contributed by atoms with van der Waals surface area (Å²) < 4.78 is 0. The minimum Gasteiger partial charge on any atom is -0.409 e. The summed E-state index contributed by atoms with van der Waals surface area (Å²) in [6, 6.07) is 0. The monoisotopic (exact) mass is 215 g/mol. The summed E-state index contributed by atoms with van der Waals surface area (Å²) in [5, 5.41) is 15.0. The standard InChI is InChI=1S/C11H25N3O/c1-9(2)5-7-13-8-6-11(3,4)10(12)14-15/h9,13,15H,5-8H2,1-4H3,(H2,12,14). The smallest absolute Gasteiger partial charge is 0.144 e. The number of oxime groups is 1. The van der Waals surface area contributed by atoms with Crippen molar-refractivity contribution in [2.45, 2.75) is 40.5 Å². The topological polar surface area (TPSA) is 70.6 Å². The Morgan fingerprint density at radius 2 is 2.00 bits per heavy atom. The average molecular weight is 215 g/mol. The maximum atomic E-state index is 8.59. The van der Waals surface area contributed by atoms with Crippen molar-refractivity contribution in [3.05, 3.63) is 0 Å². The van der Waals surface area contributed by atoms with E-state index in [1.165, 1.54) is 6.42 Å². The van der Waals surface area contributed by atoms with Crippen LogP contribution in [0, 0.1) is 11.3 Å². The molecule has 0 rings (SSSR count). The molecular weight excluding hydrogens is 190 g/mol. The van der Waals surface area contributed by atoms with Crippen LogP contribution in [0.15, 0.2) is 5.16 Å². The molecule has 0 aromatic carbocycles. The predicted molar refractivity (Wildman–Crippen MR) is 64.1 cm³/mol. The van der Waals surface area contributed by atoms with Crippen molar-refractivity contribution in [2.75, 3.05) is 13.1 Å². The summed E-state index contributed by atoms with van der Waals surface area (Å²) in [7, 11) is 0. The second-order valence-corrected chi connectivity index (χ2v) is 5.05. The minimum atomic E-state index is -0.237. The van der Waals surface area contributed by atoms with Crippen LogP contribution < -0.4 is 11.1 Å². The van der Waals surface area contributed by atoms with Crippen LogP contribution in [0.2, 0.25) is 0 Å².